The van der Waals surface area contributed by atoms with Crippen LogP contribution < -0.4 is 15.4 Å². The predicted octanol–water partition coefficient (Wildman–Crippen LogP) is 3.33. The maximum atomic E-state index is 5.18. The van der Waals surface area contributed by atoms with Crippen molar-refractivity contribution in [1.29, 1.82) is 0 Å². The second kappa shape index (κ2) is 13.1. The number of rotatable bonds is 11. The van der Waals surface area contributed by atoms with E-state index in [9.17, 15) is 0 Å². The first-order valence-electron chi connectivity index (χ1n) is 8.44. The van der Waals surface area contributed by atoms with Gasteiger partial charge in [-0.25, -0.2) is 0 Å². The van der Waals surface area contributed by atoms with Crippen molar-refractivity contribution in [1.82, 2.24) is 10.6 Å². The van der Waals surface area contributed by atoms with E-state index in [4.69, 9.17) is 4.74 Å². The number of ether oxygens (including phenoxy) is 1. The van der Waals surface area contributed by atoms with Crippen LogP contribution in [0.4, 0.5) is 0 Å². The van der Waals surface area contributed by atoms with E-state index in [-0.39, 0.29) is 0 Å². The molecule has 0 unspecified atom stereocenters. The number of benzene rings is 1. The van der Waals surface area contributed by atoms with Crippen molar-refractivity contribution in [2.45, 2.75) is 32.6 Å². The summed E-state index contributed by atoms with van der Waals surface area (Å²) in [6.07, 6.45) is 6.69. The summed E-state index contributed by atoms with van der Waals surface area (Å²) in [5.74, 6) is 3.08. The summed E-state index contributed by atoms with van der Waals surface area (Å²) in [6, 6.07) is 8.27. The fourth-order valence-electron chi connectivity index (χ4n) is 2.19. The first-order valence-corrected chi connectivity index (χ1v) is 9.83. The monoisotopic (exact) mass is 337 g/mol. The molecule has 0 aromatic heterocycles. The average molecular weight is 338 g/mol. The molecule has 0 atom stereocenters. The molecule has 0 amide bonds. The number of nitrogens with one attached hydrogen (secondary N) is 2. The molecule has 0 saturated heterocycles. The first-order chi connectivity index (χ1) is 11.3. The van der Waals surface area contributed by atoms with Gasteiger partial charge in [-0.3, -0.25) is 4.99 Å². The molecule has 0 aliphatic rings. The molecule has 0 spiro atoms. The van der Waals surface area contributed by atoms with E-state index in [0.717, 1.165) is 44.2 Å². The predicted molar refractivity (Wildman–Crippen MR) is 103 cm³/mol. The summed E-state index contributed by atoms with van der Waals surface area (Å²) >= 11 is 1.91. The third-order valence-electron chi connectivity index (χ3n) is 3.46. The second-order valence-corrected chi connectivity index (χ2v) is 6.32. The van der Waals surface area contributed by atoms with Crippen molar-refractivity contribution in [3.05, 3.63) is 29.8 Å². The molecule has 5 heteroatoms. The lowest BCUT2D eigenvalue weighted by Crippen LogP contribution is -2.37. The zero-order valence-corrected chi connectivity index (χ0v) is 15.5. The van der Waals surface area contributed by atoms with Crippen molar-refractivity contribution in [2.75, 3.05) is 38.8 Å². The van der Waals surface area contributed by atoms with Crippen LogP contribution in [0.2, 0.25) is 0 Å². The molecule has 0 fully saturated rings. The summed E-state index contributed by atoms with van der Waals surface area (Å²) < 4.78 is 5.18. The first kappa shape index (κ1) is 19.7. The number of guanidine groups is 1. The molecule has 0 heterocycles. The van der Waals surface area contributed by atoms with Crippen LogP contribution in [0.5, 0.6) is 5.75 Å². The number of hydrogen-bond acceptors (Lipinski definition) is 3. The molecule has 0 aliphatic heterocycles. The third-order valence-corrected chi connectivity index (χ3v) is 4.16. The van der Waals surface area contributed by atoms with Gasteiger partial charge in [0.25, 0.3) is 0 Å². The number of aryl methyl sites for hydroxylation is 1. The van der Waals surface area contributed by atoms with E-state index in [1.165, 1.54) is 24.2 Å². The van der Waals surface area contributed by atoms with E-state index in [1.54, 1.807) is 7.11 Å². The minimum Gasteiger partial charge on any atom is -0.497 e. The van der Waals surface area contributed by atoms with Gasteiger partial charge in [0.2, 0.25) is 0 Å². The Morgan fingerprint density at radius 2 is 1.91 bits per heavy atom. The molecule has 23 heavy (non-hydrogen) atoms. The van der Waals surface area contributed by atoms with Gasteiger partial charge >= 0.3 is 0 Å². The topological polar surface area (TPSA) is 45.7 Å². The van der Waals surface area contributed by atoms with Gasteiger partial charge in [0.05, 0.1) is 7.11 Å². The molecule has 1 aromatic rings. The van der Waals surface area contributed by atoms with Gasteiger partial charge in [-0.2, -0.15) is 11.8 Å². The SMILES string of the molecule is CCNC(=NCCCc1ccc(OC)cc1)NCCCCSC. The zero-order valence-electron chi connectivity index (χ0n) is 14.7. The molecule has 2 N–H and O–H groups in total. The Balaban J connectivity index is 2.26. The Hall–Kier alpha value is -1.36. The van der Waals surface area contributed by atoms with Crippen molar-refractivity contribution in [2.24, 2.45) is 4.99 Å². The fourth-order valence-corrected chi connectivity index (χ4v) is 2.68. The molecule has 0 bridgehead atoms. The van der Waals surface area contributed by atoms with Crippen LogP contribution in [-0.4, -0.2) is 44.7 Å². The Morgan fingerprint density at radius 3 is 2.57 bits per heavy atom. The van der Waals surface area contributed by atoms with Gasteiger partial charge in [-0.15, -0.1) is 0 Å². The van der Waals surface area contributed by atoms with Gasteiger partial charge < -0.3 is 15.4 Å². The Morgan fingerprint density at radius 1 is 1.13 bits per heavy atom. The zero-order chi connectivity index (χ0) is 16.8. The van der Waals surface area contributed by atoms with Crippen LogP contribution >= 0.6 is 11.8 Å². The molecular formula is C18H31N3OS. The summed E-state index contributed by atoms with van der Waals surface area (Å²) in [5, 5.41) is 6.71. The van der Waals surface area contributed by atoms with Crippen LogP contribution in [0.1, 0.15) is 31.7 Å². The minimum atomic E-state index is 0.839. The highest BCUT2D eigenvalue weighted by molar-refractivity contribution is 7.98. The Labute approximate surface area is 145 Å². The lowest BCUT2D eigenvalue weighted by molar-refractivity contribution is 0.414. The molecule has 0 saturated carbocycles. The number of unbranched alkanes of at least 4 members (excludes halogenated alkanes) is 1. The van der Waals surface area contributed by atoms with Gasteiger partial charge in [-0.1, -0.05) is 12.1 Å². The molecule has 0 radical (unpaired) electrons. The van der Waals surface area contributed by atoms with Crippen molar-refractivity contribution in [3.63, 3.8) is 0 Å². The van der Waals surface area contributed by atoms with Crippen LogP contribution in [0.15, 0.2) is 29.3 Å². The van der Waals surface area contributed by atoms with Gasteiger partial charge in [0, 0.05) is 19.6 Å². The lowest BCUT2D eigenvalue weighted by atomic mass is 10.1. The Bertz CT molecular complexity index is 434. The van der Waals surface area contributed by atoms with Crippen molar-refractivity contribution in [3.8, 4) is 5.75 Å². The van der Waals surface area contributed by atoms with Crippen molar-refractivity contribution >= 4 is 17.7 Å². The second-order valence-electron chi connectivity index (χ2n) is 5.34. The summed E-state index contributed by atoms with van der Waals surface area (Å²) in [7, 11) is 1.69. The maximum Gasteiger partial charge on any atom is 0.191 e. The normalized spacial score (nSPS) is 11.3. The molecular weight excluding hydrogens is 306 g/mol. The number of aliphatic imine (C=N–C) groups is 1. The molecule has 0 aliphatic carbocycles. The highest BCUT2D eigenvalue weighted by Gasteiger charge is 1.98. The maximum absolute atomic E-state index is 5.18. The van der Waals surface area contributed by atoms with Gasteiger partial charge in [0.1, 0.15) is 5.75 Å². The number of thioether (sulfide) groups is 1. The molecule has 130 valence electrons. The molecule has 4 nitrogen and oxygen atoms in total. The van der Waals surface area contributed by atoms with Gasteiger partial charge in [0.15, 0.2) is 5.96 Å². The third kappa shape index (κ3) is 9.39. The number of hydrogen-bond donors (Lipinski definition) is 2. The molecule has 1 rings (SSSR count). The highest BCUT2D eigenvalue weighted by atomic mass is 32.2. The quantitative estimate of drug-likeness (QED) is 0.369. The van der Waals surface area contributed by atoms with E-state index < -0.39 is 0 Å². The van der Waals surface area contributed by atoms with Crippen molar-refractivity contribution < 1.29 is 4.74 Å². The van der Waals surface area contributed by atoms with Gasteiger partial charge in [-0.05, 0) is 62.3 Å². The number of methoxy groups -OCH3 is 1. The van der Waals surface area contributed by atoms with E-state index in [2.05, 4.69) is 40.9 Å². The summed E-state index contributed by atoms with van der Waals surface area (Å²) in [6.45, 7) is 4.83. The lowest BCUT2D eigenvalue weighted by Gasteiger charge is -2.11. The van der Waals surface area contributed by atoms with Crippen LogP contribution in [0, 0.1) is 0 Å². The minimum absolute atomic E-state index is 0.839. The van der Waals surface area contributed by atoms with E-state index >= 15 is 0 Å². The Kier molecular flexibility index (Phi) is 11.2. The summed E-state index contributed by atoms with van der Waals surface area (Å²) in [4.78, 5) is 4.64. The smallest absolute Gasteiger partial charge is 0.191 e. The largest absolute Gasteiger partial charge is 0.497 e. The summed E-state index contributed by atoms with van der Waals surface area (Å²) in [5.41, 5.74) is 1.33. The standard InChI is InChI=1S/C18H31N3OS/c1-4-19-18(20-13-5-6-15-23-3)21-14-7-8-16-9-11-17(22-2)12-10-16/h9-12H,4-8,13-15H2,1-3H3,(H2,19,20,21). The van der Waals surface area contributed by atoms with Crippen LogP contribution in [-0.2, 0) is 6.42 Å². The van der Waals surface area contributed by atoms with E-state index in [0.29, 0.717) is 0 Å². The molecule has 1 aromatic carbocycles. The average Bonchev–Trinajstić information content (AvgIpc) is 2.59. The highest BCUT2D eigenvalue weighted by Crippen LogP contribution is 2.12. The fraction of sp³-hybridized carbons (Fsp3) is 0.611. The van der Waals surface area contributed by atoms with Crippen LogP contribution in [0.3, 0.4) is 0 Å². The number of nitrogens with zero attached hydrogens (tertiary/aromatic N) is 1. The van der Waals surface area contributed by atoms with E-state index in [1.807, 2.05) is 23.9 Å². The van der Waals surface area contributed by atoms with Crippen LogP contribution in [0.25, 0.3) is 0 Å².